The summed E-state index contributed by atoms with van der Waals surface area (Å²) in [6.07, 6.45) is 1.83. The first-order chi connectivity index (χ1) is 13.0. The summed E-state index contributed by atoms with van der Waals surface area (Å²) < 4.78 is 14.7. The van der Waals surface area contributed by atoms with Crippen molar-refractivity contribution < 1.29 is 9.47 Å². The van der Waals surface area contributed by atoms with Crippen LogP contribution in [0.3, 0.4) is 0 Å². The molecule has 0 fully saturated rings. The molecule has 0 saturated carbocycles. The van der Waals surface area contributed by atoms with Gasteiger partial charge >= 0.3 is 5.69 Å². The van der Waals surface area contributed by atoms with Crippen molar-refractivity contribution in [2.75, 3.05) is 13.7 Å². The number of nitrogens with zero attached hydrogens (tertiary/aromatic N) is 2. The molecule has 0 bridgehead atoms. The Balaban J connectivity index is 0.00000280. The first kappa shape index (κ1) is 21.6. The molecule has 0 aliphatic carbocycles. The summed E-state index contributed by atoms with van der Waals surface area (Å²) in [6, 6.07) is 11.8. The number of hydrogen-bond acceptors (Lipinski definition) is 4. The normalized spacial score (nSPS) is 10.5. The van der Waals surface area contributed by atoms with Crippen molar-refractivity contribution in [2.45, 2.75) is 13.2 Å². The Morgan fingerprint density at radius 1 is 1.04 bits per heavy atom. The second-order valence-corrected chi connectivity index (χ2v) is 6.42. The predicted octanol–water partition coefficient (Wildman–Crippen LogP) is 3.16. The molecule has 28 heavy (non-hydrogen) atoms. The topological polar surface area (TPSA) is 57.4 Å². The Labute approximate surface area is 170 Å². The van der Waals surface area contributed by atoms with Crippen LogP contribution in [-0.4, -0.2) is 22.8 Å². The first-order valence-electron chi connectivity index (χ1n) is 8.80. The molecule has 1 heterocycles. The number of aryl methyl sites for hydroxylation is 2. The van der Waals surface area contributed by atoms with E-state index < -0.39 is 0 Å². The zero-order valence-electron chi connectivity index (χ0n) is 16.4. The fourth-order valence-corrected chi connectivity index (χ4v) is 3.06. The SMILES string of the molecule is C=CCNCc1ccc(OCc2ccc3c(c2)n(C)c(=O)n3C)c(OC)c1.Cl. The number of fused-ring (bicyclic) bond motifs is 1. The van der Waals surface area contributed by atoms with Gasteiger partial charge in [0.2, 0.25) is 0 Å². The van der Waals surface area contributed by atoms with Gasteiger partial charge in [-0.1, -0.05) is 18.2 Å². The van der Waals surface area contributed by atoms with E-state index in [1.165, 1.54) is 0 Å². The van der Waals surface area contributed by atoms with Crippen molar-refractivity contribution in [3.05, 3.63) is 70.7 Å². The molecule has 1 N–H and O–H groups in total. The van der Waals surface area contributed by atoms with Crippen LogP contribution >= 0.6 is 12.4 Å². The molecule has 0 amide bonds. The molecule has 0 radical (unpaired) electrons. The Morgan fingerprint density at radius 2 is 1.75 bits per heavy atom. The highest BCUT2D eigenvalue weighted by Crippen LogP contribution is 2.29. The number of aromatic nitrogens is 2. The van der Waals surface area contributed by atoms with Gasteiger partial charge in [-0.05, 0) is 35.4 Å². The van der Waals surface area contributed by atoms with Gasteiger partial charge in [0.15, 0.2) is 11.5 Å². The summed E-state index contributed by atoms with van der Waals surface area (Å²) in [5.74, 6) is 1.38. The summed E-state index contributed by atoms with van der Waals surface area (Å²) in [4.78, 5) is 12.1. The van der Waals surface area contributed by atoms with Gasteiger partial charge in [0.25, 0.3) is 0 Å². The van der Waals surface area contributed by atoms with Crippen LogP contribution in [0.4, 0.5) is 0 Å². The van der Waals surface area contributed by atoms with E-state index in [9.17, 15) is 4.79 Å². The average molecular weight is 404 g/mol. The molecule has 150 valence electrons. The van der Waals surface area contributed by atoms with Crippen LogP contribution in [0.25, 0.3) is 11.0 Å². The summed E-state index contributed by atoms with van der Waals surface area (Å²) >= 11 is 0. The minimum absolute atomic E-state index is 0. The molecule has 2 aromatic carbocycles. The number of benzene rings is 2. The monoisotopic (exact) mass is 403 g/mol. The second kappa shape index (κ2) is 9.48. The standard InChI is InChI=1S/C21H25N3O3.ClH/c1-5-10-22-13-15-7-9-19(20(12-15)26-4)27-14-16-6-8-17-18(11-16)24(3)21(25)23(17)2;/h5-9,11-12,22H,1,10,13-14H2,2-4H3;1H. The number of halogens is 1. The molecule has 3 aromatic rings. The van der Waals surface area contributed by atoms with E-state index in [-0.39, 0.29) is 18.1 Å². The number of rotatable bonds is 8. The van der Waals surface area contributed by atoms with E-state index in [0.717, 1.165) is 35.2 Å². The fourth-order valence-electron chi connectivity index (χ4n) is 3.06. The average Bonchev–Trinajstić information content (AvgIpc) is 2.91. The summed E-state index contributed by atoms with van der Waals surface area (Å²) in [6.45, 7) is 5.58. The summed E-state index contributed by atoms with van der Waals surface area (Å²) in [5, 5.41) is 3.26. The highest BCUT2D eigenvalue weighted by atomic mass is 35.5. The Bertz CT molecular complexity index is 1020. The smallest absolute Gasteiger partial charge is 0.328 e. The molecule has 0 saturated heterocycles. The molecule has 0 aliphatic rings. The maximum absolute atomic E-state index is 12.1. The zero-order valence-corrected chi connectivity index (χ0v) is 17.2. The molecule has 1 aromatic heterocycles. The van der Waals surface area contributed by atoms with Gasteiger partial charge in [-0.3, -0.25) is 9.13 Å². The quantitative estimate of drug-likeness (QED) is 0.463. The number of imidazole rings is 1. The van der Waals surface area contributed by atoms with Gasteiger partial charge in [0.1, 0.15) is 6.61 Å². The van der Waals surface area contributed by atoms with Crippen molar-refractivity contribution in [3.8, 4) is 11.5 Å². The second-order valence-electron chi connectivity index (χ2n) is 6.42. The first-order valence-corrected chi connectivity index (χ1v) is 8.80. The lowest BCUT2D eigenvalue weighted by Gasteiger charge is -2.13. The molecular formula is C21H26ClN3O3. The maximum Gasteiger partial charge on any atom is 0.328 e. The highest BCUT2D eigenvalue weighted by molar-refractivity contribution is 5.85. The number of nitrogens with one attached hydrogen (secondary N) is 1. The van der Waals surface area contributed by atoms with E-state index in [2.05, 4.69) is 11.9 Å². The molecule has 0 aliphatic heterocycles. The molecule has 0 unspecified atom stereocenters. The fraction of sp³-hybridized carbons (Fsp3) is 0.286. The molecule has 7 heteroatoms. The summed E-state index contributed by atoms with van der Waals surface area (Å²) in [7, 11) is 5.18. The van der Waals surface area contributed by atoms with E-state index in [1.807, 2.05) is 42.5 Å². The van der Waals surface area contributed by atoms with Crippen molar-refractivity contribution in [2.24, 2.45) is 14.1 Å². The number of methoxy groups -OCH3 is 1. The zero-order chi connectivity index (χ0) is 19.4. The van der Waals surface area contributed by atoms with Gasteiger partial charge in [-0.15, -0.1) is 19.0 Å². The van der Waals surface area contributed by atoms with Gasteiger partial charge in [-0.25, -0.2) is 4.79 Å². The van der Waals surface area contributed by atoms with Crippen LogP contribution in [0.15, 0.2) is 53.8 Å². The van der Waals surface area contributed by atoms with Crippen LogP contribution in [-0.2, 0) is 27.2 Å². The highest BCUT2D eigenvalue weighted by Gasteiger charge is 2.10. The van der Waals surface area contributed by atoms with E-state index in [4.69, 9.17) is 9.47 Å². The molecule has 6 nitrogen and oxygen atoms in total. The third kappa shape index (κ3) is 4.40. The Hall–Kier alpha value is -2.70. The van der Waals surface area contributed by atoms with Crippen molar-refractivity contribution >= 4 is 23.4 Å². The van der Waals surface area contributed by atoms with Crippen LogP contribution in [0, 0.1) is 0 Å². The number of ether oxygens (including phenoxy) is 2. The predicted molar refractivity (Wildman–Crippen MR) is 115 cm³/mol. The van der Waals surface area contributed by atoms with E-state index >= 15 is 0 Å². The lowest BCUT2D eigenvalue weighted by atomic mass is 10.2. The minimum atomic E-state index is -0.0367. The van der Waals surface area contributed by atoms with Crippen molar-refractivity contribution in [3.63, 3.8) is 0 Å². The van der Waals surface area contributed by atoms with Gasteiger partial charge in [0, 0.05) is 27.2 Å². The summed E-state index contributed by atoms with van der Waals surface area (Å²) in [5.41, 5.74) is 3.86. The van der Waals surface area contributed by atoms with E-state index in [1.54, 1.807) is 30.3 Å². The third-order valence-electron chi connectivity index (χ3n) is 4.58. The van der Waals surface area contributed by atoms with Gasteiger partial charge < -0.3 is 14.8 Å². The largest absolute Gasteiger partial charge is 0.493 e. The molecule has 0 atom stereocenters. The van der Waals surface area contributed by atoms with Crippen molar-refractivity contribution in [1.29, 1.82) is 0 Å². The lowest BCUT2D eigenvalue weighted by Crippen LogP contribution is -2.19. The lowest BCUT2D eigenvalue weighted by molar-refractivity contribution is 0.284. The Morgan fingerprint density at radius 3 is 2.46 bits per heavy atom. The molecule has 3 rings (SSSR count). The molecular weight excluding hydrogens is 378 g/mol. The van der Waals surface area contributed by atoms with Crippen LogP contribution in [0.5, 0.6) is 11.5 Å². The van der Waals surface area contributed by atoms with Gasteiger partial charge in [0.05, 0.1) is 18.1 Å². The van der Waals surface area contributed by atoms with Crippen molar-refractivity contribution in [1.82, 2.24) is 14.5 Å². The van der Waals surface area contributed by atoms with E-state index in [0.29, 0.717) is 18.1 Å². The van der Waals surface area contributed by atoms with Crippen LogP contribution < -0.4 is 20.5 Å². The third-order valence-corrected chi connectivity index (χ3v) is 4.58. The Kier molecular flexibility index (Phi) is 7.31. The minimum Gasteiger partial charge on any atom is -0.493 e. The number of hydrogen-bond donors (Lipinski definition) is 1. The maximum atomic E-state index is 12.1. The molecule has 0 spiro atoms. The van der Waals surface area contributed by atoms with Gasteiger partial charge in [-0.2, -0.15) is 0 Å². The van der Waals surface area contributed by atoms with Crippen LogP contribution in [0.2, 0.25) is 0 Å². The van der Waals surface area contributed by atoms with Crippen LogP contribution in [0.1, 0.15) is 11.1 Å².